The molecule has 82 valence electrons. The fourth-order valence-electron chi connectivity index (χ4n) is 1.43. The summed E-state index contributed by atoms with van der Waals surface area (Å²) in [5.41, 5.74) is 1.00. The first-order chi connectivity index (χ1) is 7.72. The third-order valence-corrected chi connectivity index (χ3v) is 2.14. The molecule has 0 atom stereocenters. The van der Waals surface area contributed by atoms with Crippen LogP contribution in [0, 0.1) is 0 Å². The first-order valence-electron chi connectivity index (χ1n) is 4.68. The molecule has 1 N–H and O–H groups in total. The van der Waals surface area contributed by atoms with Gasteiger partial charge >= 0.3 is 6.03 Å². The minimum Gasteiger partial charge on any atom is -0.270 e. The summed E-state index contributed by atoms with van der Waals surface area (Å²) >= 11 is 0. The van der Waals surface area contributed by atoms with Crippen molar-refractivity contribution in [1.29, 1.82) is 0 Å². The molecule has 0 bridgehead atoms. The van der Waals surface area contributed by atoms with E-state index in [-0.39, 0.29) is 5.70 Å². The fraction of sp³-hybridized carbons (Fsp3) is 0.0909. The van der Waals surface area contributed by atoms with Gasteiger partial charge in [0.1, 0.15) is 5.70 Å². The smallest absolute Gasteiger partial charge is 0.270 e. The highest BCUT2D eigenvalue weighted by Crippen LogP contribution is 2.16. The zero-order valence-electron chi connectivity index (χ0n) is 8.64. The van der Waals surface area contributed by atoms with Crippen molar-refractivity contribution in [2.75, 3.05) is 7.11 Å². The van der Waals surface area contributed by atoms with Crippen molar-refractivity contribution in [3.63, 3.8) is 0 Å². The van der Waals surface area contributed by atoms with Gasteiger partial charge in [0.2, 0.25) is 0 Å². The van der Waals surface area contributed by atoms with E-state index in [9.17, 15) is 9.59 Å². The van der Waals surface area contributed by atoms with Crippen molar-refractivity contribution in [3.8, 4) is 0 Å². The van der Waals surface area contributed by atoms with Gasteiger partial charge in [-0.25, -0.2) is 4.79 Å². The Hall–Kier alpha value is -2.14. The zero-order valence-corrected chi connectivity index (χ0v) is 8.64. The van der Waals surface area contributed by atoms with Crippen LogP contribution in [0.2, 0.25) is 0 Å². The number of carbonyl (C=O) groups excluding carboxylic acids is 2. The molecular weight excluding hydrogens is 208 g/mol. The van der Waals surface area contributed by atoms with Crippen molar-refractivity contribution in [3.05, 3.63) is 41.6 Å². The van der Waals surface area contributed by atoms with E-state index in [4.69, 9.17) is 4.84 Å². The minimum absolute atomic E-state index is 0.179. The largest absolute Gasteiger partial charge is 0.353 e. The number of carbonyl (C=O) groups is 2. The topological polar surface area (TPSA) is 58.6 Å². The molecule has 2 rings (SSSR count). The standard InChI is InChI=1S/C11H10N2O3/c1-16-13-9(10(14)12-11(13)15)7-8-5-3-2-4-6-8/h2-7H,1H3,(H,12,14,15). The fourth-order valence-corrected chi connectivity index (χ4v) is 1.43. The predicted octanol–water partition coefficient (Wildman–Crippen LogP) is 1.14. The summed E-state index contributed by atoms with van der Waals surface area (Å²) in [6.07, 6.45) is 1.59. The number of hydrogen-bond acceptors (Lipinski definition) is 3. The van der Waals surface area contributed by atoms with Crippen LogP contribution in [0.4, 0.5) is 4.79 Å². The molecule has 3 amide bonds. The molecule has 1 aliphatic rings. The molecule has 0 radical (unpaired) electrons. The van der Waals surface area contributed by atoms with E-state index in [0.717, 1.165) is 10.6 Å². The quantitative estimate of drug-likeness (QED) is 0.598. The van der Waals surface area contributed by atoms with Gasteiger partial charge in [0.05, 0.1) is 7.11 Å². The maximum Gasteiger partial charge on any atom is 0.353 e. The van der Waals surface area contributed by atoms with Crippen molar-refractivity contribution in [1.82, 2.24) is 10.4 Å². The van der Waals surface area contributed by atoms with Crippen LogP contribution in [-0.4, -0.2) is 24.1 Å². The van der Waals surface area contributed by atoms with Crippen LogP contribution in [0.15, 0.2) is 36.0 Å². The molecule has 5 nitrogen and oxygen atoms in total. The summed E-state index contributed by atoms with van der Waals surface area (Å²) in [5.74, 6) is -0.462. The van der Waals surface area contributed by atoms with Gasteiger partial charge in [0, 0.05) is 0 Å². The van der Waals surface area contributed by atoms with Crippen LogP contribution in [0.1, 0.15) is 5.56 Å². The highest BCUT2D eigenvalue weighted by molar-refractivity contribution is 6.13. The van der Waals surface area contributed by atoms with Crippen molar-refractivity contribution in [2.45, 2.75) is 0 Å². The molecule has 5 heteroatoms. The summed E-state index contributed by atoms with van der Waals surface area (Å²) in [6.45, 7) is 0. The van der Waals surface area contributed by atoms with Gasteiger partial charge in [-0.1, -0.05) is 30.3 Å². The Morgan fingerprint density at radius 3 is 2.56 bits per heavy atom. The van der Waals surface area contributed by atoms with Gasteiger partial charge in [-0.2, -0.15) is 5.06 Å². The summed E-state index contributed by atoms with van der Waals surface area (Å²) in [7, 11) is 1.33. The van der Waals surface area contributed by atoms with E-state index in [0.29, 0.717) is 0 Å². The number of benzene rings is 1. The second-order valence-electron chi connectivity index (χ2n) is 3.18. The Balaban J connectivity index is 2.36. The van der Waals surface area contributed by atoms with Gasteiger partial charge in [0.25, 0.3) is 5.91 Å². The molecule has 1 aromatic rings. The Labute approximate surface area is 92.3 Å². The Morgan fingerprint density at radius 1 is 1.25 bits per heavy atom. The van der Waals surface area contributed by atoms with Crippen LogP contribution in [0.5, 0.6) is 0 Å². The average Bonchev–Trinajstić information content (AvgIpc) is 2.55. The third-order valence-electron chi connectivity index (χ3n) is 2.14. The summed E-state index contributed by atoms with van der Waals surface area (Å²) < 4.78 is 0. The number of nitrogens with one attached hydrogen (secondary N) is 1. The minimum atomic E-state index is -0.574. The van der Waals surface area contributed by atoms with Gasteiger partial charge in [-0.15, -0.1) is 0 Å². The lowest BCUT2D eigenvalue weighted by Crippen LogP contribution is -2.26. The SMILES string of the molecule is CON1C(=O)NC(=O)C1=Cc1ccccc1. The van der Waals surface area contributed by atoms with E-state index in [1.807, 2.05) is 30.3 Å². The number of hydroxylamine groups is 2. The number of imide groups is 1. The van der Waals surface area contributed by atoms with E-state index in [1.54, 1.807) is 6.08 Å². The Kier molecular flexibility index (Phi) is 2.70. The average molecular weight is 218 g/mol. The first-order valence-corrected chi connectivity index (χ1v) is 4.68. The molecule has 1 heterocycles. The maximum atomic E-state index is 11.4. The molecule has 0 aromatic heterocycles. The van der Waals surface area contributed by atoms with Gasteiger partial charge < -0.3 is 0 Å². The van der Waals surface area contributed by atoms with E-state index in [2.05, 4.69) is 5.32 Å². The normalized spacial score (nSPS) is 18.1. The van der Waals surface area contributed by atoms with Crippen molar-refractivity contribution in [2.24, 2.45) is 0 Å². The first kappa shape index (κ1) is 10.4. The Bertz CT molecular complexity index is 454. The number of urea groups is 1. The Morgan fingerprint density at radius 2 is 1.94 bits per heavy atom. The molecule has 1 fully saturated rings. The maximum absolute atomic E-state index is 11.4. The molecule has 1 saturated heterocycles. The van der Waals surface area contributed by atoms with Crippen LogP contribution in [0.25, 0.3) is 6.08 Å². The summed E-state index contributed by atoms with van der Waals surface area (Å²) in [4.78, 5) is 27.5. The molecule has 16 heavy (non-hydrogen) atoms. The highest BCUT2D eigenvalue weighted by Gasteiger charge is 2.33. The lowest BCUT2D eigenvalue weighted by molar-refractivity contribution is -0.118. The second-order valence-corrected chi connectivity index (χ2v) is 3.18. The second kappa shape index (κ2) is 4.16. The van der Waals surface area contributed by atoms with Crippen LogP contribution in [0.3, 0.4) is 0 Å². The number of amides is 3. The van der Waals surface area contributed by atoms with Gasteiger partial charge in [-0.05, 0) is 11.6 Å². The van der Waals surface area contributed by atoms with E-state index < -0.39 is 11.9 Å². The number of rotatable bonds is 2. The lowest BCUT2D eigenvalue weighted by Gasteiger charge is -2.10. The lowest BCUT2D eigenvalue weighted by atomic mass is 10.2. The van der Waals surface area contributed by atoms with Crippen LogP contribution in [-0.2, 0) is 9.63 Å². The zero-order chi connectivity index (χ0) is 11.5. The molecule has 0 spiro atoms. The van der Waals surface area contributed by atoms with E-state index in [1.165, 1.54) is 7.11 Å². The van der Waals surface area contributed by atoms with Crippen molar-refractivity contribution < 1.29 is 14.4 Å². The van der Waals surface area contributed by atoms with Crippen molar-refractivity contribution >= 4 is 18.0 Å². The van der Waals surface area contributed by atoms with Crippen LogP contribution < -0.4 is 5.32 Å². The number of nitrogens with zero attached hydrogens (tertiary/aromatic N) is 1. The molecule has 0 saturated carbocycles. The number of hydrogen-bond donors (Lipinski definition) is 1. The predicted molar refractivity (Wildman–Crippen MR) is 56.8 cm³/mol. The monoisotopic (exact) mass is 218 g/mol. The molecule has 0 aliphatic carbocycles. The van der Waals surface area contributed by atoms with E-state index >= 15 is 0 Å². The highest BCUT2D eigenvalue weighted by atomic mass is 16.7. The molecular formula is C11H10N2O3. The molecule has 1 aromatic carbocycles. The third kappa shape index (κ3) is 1.80. The molecule has 1 aliphatic heterocycles. The summed E-state index contributed by atoms with van der Waals surface area (Å²) in [6, 6.07) is 8.65. The van der Waals surface area contributed by atoms with Gasteiger partial charge in [0.15, 0.2) is 0 Å². The van der Waals surface area contributed by atoms with Gasteiger partial charge in [-0.3, -0.25) is 14.9 Å². The summed E-state index contributed by atoms with van der Waals surface area (Å²) in [5, 5.41) is 3.07. The van der Waals surface area contributed by atoms with Crippen LogP contribution >= 0.6 is 0 Å². The molecule has 0 unspecified atom stereocenters.